The highest BCUT2D eigenvalue weighted by molar-refractivity contribution is 7.83. The number of pyridine rings is 2. The standard InChI is InChI=1S/C31H39N7O3S/c1-29(2)12-10-20-5-4-17-32-23-6-3-7-26(33-23)42(40)36-28(39)21-8-9-24(34-27(21)38(20)29)37-18-11-25(35-37)41-19-22-30(13-14-30)31(22)15-16-31/h3,6-9,11,18,20,22,25,35H,4-5,10,12-17,19H2,1-2H3,(H,32,33)(H,36,39). The molecule has 1 amide bonds. The number of nitrogens with zero attached hydrogens (tertiary/aromatic N) is 4. The van der Waals surface area contributed by atoms with Crippen molar-refractivity contribution in [3.63, 3.8) is 0 Å². The van der Waals surface area contributed by atoms with E-state index in [-0.39, 0.29) is 17.8 Å². The van der Waals surface area contributed by atoms with Gasteiger partial charge in [0.25, 0.3) is 5.91 Å². The molecule has 0 radical (unpaired) electrons. The SMILES string of the molecule is CC1(C)CCC2CCCNc3cccc(n3)S(=O)NC(=O)c3ccc(N4C=CC(OCC5C6(CC6)C56CC6)N4)nc3N21. The molecule has 2 aromatic heterocycles. The molecule has 3 N–H and O–H groups in total. The first kappa shape index (κ1) is 26.6. The van der Waals surface area contributed by atoms with E-state index in [0.29, 0.717) is 38.9 Å². The van der Waals surface area contributed by atoms with Gasteiger partial charge in [-0.3, -0.25) is 14.5 Å². The van der Waals surface area contributed by atoms with E-state index in [1.807, 2.05) is 29.4 Å². The van der Waals surface area contributed by atoms with Crippen LogP contribution in [0.15, 0.2) is 47.6 Å². The Morgan fingerprint density at radius 2 is 1.86 bits per heavy atom. The Morgan fingerprint density at radius 1 is 1.05 bits per heavy atom. The summed E-state index contributed by atoms with van der Waals surface area (Å²) in [5.74, 6) is 2.26. The van der Waals surface area contributed by atoms with Crippen LogP contribution in [-0.4, -0.2) is 51.0 Å². The normalized spacial score (nSPS) is 30.0. The molecule has 3 unspecified atom stereocenters. The van der Waals surface area contributed by atoms with Crippen LogP contribution in [0.2, 0.25) is 0 Å². The quantitative estimate of drug-likeness (QED) is 0.482. The van der Waals surface area contributed by atoms with Crippen LogP contribution >= 0.6 is 0 Å². The summed E-state index contributed by atoms with van der Waals surface area (Å²) in [4.78, 5) is 25.5. The zero-order valence-electron chi connectivity index (χ0n) is 24.3. The lowest BCUT2D eigenvalue weighted by molar-refractivity contribution is 0.0550. The third-order valence-corrected chi connectivity index (χ3v) is 11.7. The molecule has 3 aliphatic heterocycles. The fourth-order valence-corrected chi connectivity index (χ4v) is 9.00. The highest BCUT2D eigenvalue weighted by Crippen LogP contribution is 2.92. The third-order valence-electron chi connectivity index (χ3n) is 10.7. The Labute approximate surface area is 249 Å². The largest absolute Gasteiger partial charge is 0.370 e. The summed E-state index contributed by atoms with van der Waals surface area (Å²) >= 11 is 0. The number of hydrazine groups is 1. The molecule has 1 saturated heterocycles. The molecule has 10 nitrogen and oxygen atoms in total. The summed E-state index contributed by atoms with van der Waals surface area (Å²) in [5.41, 5.74) is 4.90. The van der Waals surface area contributed by atoms with E-state index < -0.39 is 16.9 Å². The maximum absolute atomic E-state index is 13.7. The molecule has 0 aromatic carbocycles. The van der Waals surface area contributed by atoms with Gasteiger partial charge in [-0.15, -0.1) is 0 Å². The van der Waals surface area contributed by atoms with Gasteiger partial charge in [-0.25, -0.2) is 14.2 Å². The molecular weight excluding hydrogens is 550 g/mol. The number of amides is 1. The third kappa shape index (κ3) is 4.26. The van der Waals surface area contributed by atoms with Crippen molar-refractivity contribution in [1.82, 2.24) is 20.1 Å². The monoisotopic (exact) mass is 589 g/mol. The average molecular weight is 590 g/mol. The Hall–Kier alpha value is -3.02. The van der Waals surface area contributed by atoms with E-state index in [4.69, 9.17) is 9.72 Å². The highest BCUT2D eigenvalue weighted by atomic mass is 32.2. The number of ether oxygens (including phenoxy) is 1. The van der Waals surface area contributed by atoms with E-state index >= 15 is 0 Å². The van der Waals surface area contributed by atoms with Crippen molar-refractivity contribution in [3.05, 3.63) is 48.2 Å². The van der Waals surface area contributed by atoms with E-state index in [2.05, 4.69) is 39.2 Å². The smallest absolute Gasteiger partial charge is 0.267 e. The van der Waals surface area contributed by atoms with Gasteiger partial charge in [0.05, 0.1) is 12.2 Å². The number of carbonyl (C=O) groups excluding carboxylic acids is 1. The summed E-state index contributed by atoms with van der Waals surface area (Å²) in [5, 5.41) is 5.54. The van der Waals surface area contributed by atoms with Crippen molar-refractivity contribution in [2.45, 2.75) is 88.0 Å². The molecule has 11 heteroatoms. The van der Waals surface area contributed by atoms with Gasteiger partial charge < -0.3 is 15.0 Å². The predicted molar refractivity (Wildman–Crippen MR) is 161 cm³/mol. The molecular formula is C31H39N7O3S. The van der Waals surface area contributed by atoms with Crippen LogP contribution < -0.4 is 25.4 Å². The Bertz CT molecular complexity index is 1470. The van der Waals surface area contributed by atoms with E-state index in [9.17, 15) is 9.00 Å². The second-order valence-corrected chi connectivity index (χ2v) is 14.7. The minimum Gasteiger partial charge on any atom is -0.370 e. The van der Waals surface area contributed by atoms with Gasteiger partial charge >= 0.3 is 0 Å². The molecule has 5 heterocycles. The summed E-state index contributed by atoms with van der Waals surface area (Å²) in [6, 6.07) is 9.19. The molecule has 42 heavy (non-hydrogen) atoms. The molecule has 2 spiro atoms. The molecule has 3 aliphatic carbocycles. The average Bonchev–Trinajstić information content (AvgIpc) is 3.93. The lowest BCUT2D eigenvalue weighted by Crippen LogP contribution is -2.45. The van der Waals surface area contributed by atoms with Crippen LogP contribution in [0.25, 0.3) is 0 Å². The molecule has 2 bridgehead atoms. The number of rotatable bonds is 4. The molecule has 2 aromatic rings. The lowest BCUT2D eigenvalue weighted by atomic mass is 10.0. The molecule has 6 aliphatic rings. The first-order valence-electron chi connectivity index (χ1n) is 15.4. The molecule has 3 saturated carbocycles. The van der Waals surface area contributed by atoms with Crippen molar-refractivity contribution in [2.24, 2.45) is 16.7 Å². The van der Waals surface area contributed by atoms with Crippen LogP contribution in [0.5, 0.6) is 0 Å². The first-order valence-corrected chi connectivity index (χ1v) is 16.5. The Balaban J connectivity index is 1.06. The van der Waals surface area contributed by atoms with Gasteiger partial charge in [0.2, 0.25) is 0 Å². The van der Waals surface area contributed by atoms with Gasteiger partial charge in [-0.2, -0.15) is 5.43 Å². The van der Waals surface area contributed by atoms with Crippen LogP contribution in [0.4, 0.5) is 17.5 Å². The van der Waals surface area contributed by atoms with Gasteiger partial charge in [0.15, 0.2) is 16.0 Å². The van der Waals surface area contributed by atoms with Crippen molar-refractivity contribution in [1.29, 1.82) is 0 Å². The van der Waals surface area contributed by atoms with E-state index in [0.717, 1.165) is 44.8 Å². The highest BCUT2D eigenvalue weighted by Gasteiger charge is 2.86. The fourth-order valence-electron chi connectivity index (χ4n) is 8.24. The number of hydrogen-bond donors (Lipinski definition) is 3. The van der Waals surface area contributed by atoms with Crippen LogP contribution in [0, 0.1) is 16.7 Å². The Morgan fingerprint density at radius 3 is 2.64 bits per heavy atom. The van der Waals surface area contributed by atoms with E-state index in [1.165, 1.54) is 25.7 Å². The predicted octanol–water partition coefficient (Wildman–Crippen LogP) is 4.25. The molecule has 3 atom stereocenters. The maximum atomic E-state index is 13.7. The van der Waals surface area contributed by atoms with Crippen LogP contribution in [0.1, 0.15) is 75.6 Å². The zero-order valence-corrected chi connectivity index (χ0v) is 25.1. The fraction of sp³-hybridized carbons (Fsp3) is 0.581. The van der Waals surface area contributed by atoms with Crippen molar-refractivity contribution in [3.8, 4) is 0 Å². The second kappa shape index (κ2) is 9.49. The number of fused-ring (bicyclic) bond motifs is 6. The zero-order chi connectivity index (χ0) is 28.7. The topological polar surface area (TPSA) is 112 Å². The van der Waals surface area contributed by atoms with Crippen molar-refractivity contribution in [2.75, 3.05) is 28.4 Å². The minimum absolute atomic E-state index is 0.192. The summed E-state index contributed by atoms with van der Waals surface area (Å²) in [6.07, 6.45) is 13.2. The van der Waals surface area contributed by atoms with Gasteiger partial charge in [0.1, 0.15) is 23.7 Å². The lowest BCUT2D eigenvalue weighted by Gasteiger charge is -2.38. The van der Waals surface area contributed by atoms with Gasteiger partial charge in [0, 0.05) is 24.3 Å². The van der Waals surface area contributed by atoms with Gasteiger partial charge in [-0.1, -0.05) is 6.07 Å². The number of aromatic nitrogens is 2. The molecule has 4 fully saturated rings. The minimum atomic E-state index is -1.81. The first-order chi connectivity index (χ1) is 20.3. The summed E-state index contributed by atoms with van der Waals surface area (Å²) in [7, 11) is -1.81. The van der Waals surface area contributed by atoms with Crippen LogP contribution in [0.3, 0.4) is 0 Å². The van der Waals surface area contributed by atoms with Crippen molar-refractivity contribution >= 4 is 34.3 Å². The van der Waals surface area contributed by atoms with Crippen LogP contribution in [-0.2, 0) is 15.7 Å². The van der Waals surface area contributed by atoms with Gasteiger partial charge in [-0.05, 0) is 112 Å². The van der Waals surface area contributed by atoms with Crippen molar-refractivity contribution < 1.29 is 13.7 Å². The summed E-state index contributed by atoms with van der Waals surface area (Å²) < 4.78 is 22.1. The molecule has 222 valence electrons. The maximum Gasteiger partial charge on any atom is 0.267 e. The summed E-state index contributed by atoms with van der Waals surface area (Å²) in [6.45, 7) is 5.99. The number of nitrogens with one attached hydrogen (secondary N) is 3. The number of anilines is 3. The number of hydrogen-bond acceptors (Lipinski definition) is 9. The molecule has 8 rings (SSSR count). The number of carbonyl (C=O) groups is 1. The van der Waals surface area contributed by atoms with E-state index in [1.54, 1.807) is 18.2 Å². The Kier molecular flexibility index (Phi) is 6.01. The second-order valence-electron chi connectivity index (χ2n) is 13.5.